The van der Waals surface area contributed by atoms with E-state index in [1.165, 1.54) is 18.4 Å². The van der Waals surface area contributed by atoms with Crippen LogP contribution in [0.2, 0.25) is 0 Å². The molecule has 1 unspecified atom stereocenters. The highest BCUT2D eigenvalue weighted by atomic mass is 16.5. The van der Waals surface area contributed by atoms with Gasteiger partial charge in [-0.3, -0.25) is 9.69 Å². The number of nitrogens with one attached hydrogen (secondary N) is 1. The SMILES string of the molecule is CCc1ccccc1OCCN(C)C(=O)C1CC2(CCNCC2)CN1C. The molecule has 1 N–H and O–H groups in total. The lowest BCUT2D eigenvalue weighted by Crippen LogP contribution is -2.43. The second kappa shape index (κ2) is 8.40. The zero-order valence-electron chi connectivity index (χ0n) is 16.5. The second-order valence-electron chi connectivity index (χ2n) is 7.95. The lowest BCUT2D eigenvalue weighted by molar-refractivity contribution is -0.134. The number of carbonyl (C=O) groups excluding carboxylic acids is 1. The molecule has 2 heterocycles. The molecule has 2 aliphatic rings. The Kier molecular flexibility index (Phi) is 6.20. The van der Waals surface area contributed by atoms with Gasteiger partial charge in [0, 0.05) is 13.6 Å². The number of likely N-dealkylation sites (tertiary alicyclic amines) is 1. The van der Waals surface area contributed by atoms with Crippen LogP contribution >= 0.6 is 0 Å². The van der Waals surface area contributed by atoms with E-state index in [4.69, 9.17) is 4.74 Å². The number of amides is 1. The van der Waals surface area contributed by atoms with Crippen molar-refractivity contribution in [3.8, 4) is 5.75 Å². The van der Waals surface area contributed by atoms with Crippen LogP contribution in [0.1, 0.15) is 31.7 Å². The number of carbonyl (C=O) groups is 1. The van der Waals surface area contributed by atoms with E-state index in [1.807, 2.05) is 30.1 Å². The molecule has 0 radical (unpaired) electrons. The van der Waals surface area contributed by atoms with Gasteiger partial charge in [0.1, 0.15) is 12.4 Å². The van der Waals surface area contributed by atoms with Gasteiger partial charge in [-0.1, -0.05) is 25.1 Å². The van der Waals surface area contributed by atoms with Crippen LogP contribution in [0, 0.1) is 5.41 Å². The van der Waals surface area contributed by atoms with E-state index in [0.717, 1.165) is 38.2 Å². The largest absolute Gasteiger partial charge is 0.491 e. The van der Waals surface area contributed by atoms with Crippen LogP contribution in [0.5, 0.6) is 5.75 Å². The van der Waals surface area contributed by atoms with Crippen LogP contribution in [0.3, 0.4) is 0 Å². The summed E-state index contributed by atoms with van der Waals surface area (Å²) in [4.78, 5) is 17.1. The van der Waals surface area contributed by atoms with E-state index in [0.29, 0.717) is 18.6 Å². The molecule has 0 saturated carbocycles. The Hall–Kier alpha value is -1.59. The van der Waals surface area contributed by atoms with Crippen LogP contribution in [-0.2, 0) is 11.2 Å². The van der Waals surface area contributed by atoms with E-state index in [2.05, 4.69) is 30.3 Å². The highest BCUT2D eigenvalue weighted by molar-refractivity contribution is 5.82. The van der Waals surface area contributed by atoms with Crippen molar-refractivity contribution in [2.24, 2.45) is 5.41 Å². The predicted octanol–water partition coefficient (Wildman–Crippen LogP) is 2.16. The third kappa shape index (κ3) is 4.21. The lowest BCUT2D eigenvalue weighted by atomic mass is 9.77. The molecule has 1 atom stereocenters. The summed E-state index contributed by atoms with van der Waals surface area (Å²) in [6.07, 6.45) is 4.31. The first-order valence-electron chi connectivity index (χ1n) is 9.91. The van der Waals surface area contributed by atoms with Crippen molar-refractivity contribution in [3.63, 3.8) is 0 Å². The van der Waals surface area contributed by atoms with Crippen LogP contribution in [0.15, 0.2) is 24.3 Å². The van der Waals surface area contributed by atoms with Crippen LogP contribution in [-0.4, -0.2) is 68.6 Å². The number of rotatable bonds is 6. The van der Waals surface area contributed by atoms with Gasteiger partial charge in [-0.2, -0.15) is 0 Å². The number of hydrogen-bond donors (Lipinski definition) is 1. The Bertz CT molecular complexity index is 613. The van der Waals surface area contributed by atoms with Crippen molar-refractivity contribution in [1.82, 2.24) is 15.1 Å². The molecule has 0 aromatic heterocycles. The van der Waals surface area contributed by atoms with Crippen molar-refractivity contribution in [1.29, 1.82) is 0 Å². The summed E-state index contributed by atoms with van der Waals surface area (Å²) in [5.41, 5.74) is 1.54. The molecule has 5 nitrogen and oxygen atoms in total. The number of piperidine rings is 1. The summed E-state index contributed by atoms with van der Waals surface area (Å²) >= 11 is 0. The molecule has 0 aliphatic carbocycles. The Morgan fingerprint density at radius 2 is 2.08 bits per heavy atom. The Balaban J connectivity index is 1.51. The fourth-order valence-electron chi connectivity index (χ4n) is 4.46. The van der Waals surface area contributed by atoms with Crippen LogP contribution in [0.25, 0.3) is 0 Å². The fourth-order valence-corrected chi connectivity index (χ4v) is 4.46. The van der Waals surface area contributed by atoms with Crippen molar-refractivity contribution < 1.29 is 9.53 Å². The van der Waals surface area contributed by atoms with Gasteiger partial charge in [-0.15, -0.1) is 0 Å². The highest BCUT2D eigenvalue weighted by Crippen LogP contribution is 2.41. The summed E-state index contributed by atoms with van der Waals surface area (Å²) in [6, 6.07) is 8.15. The Morgan fingerprint density at radius 1 is 1.35 bits per heavy atom. The van der Waals surface area contributed by atoms with Gasteiger partial charge >= 0.3 is 0 Å². The average Bonchev–Trinajstić information content (AvgIpc) is 2.97. The van der Waals surface area contributed by atoms with Crippen molar-refractivity contribution in [2.75, 3.05) is 46.9 Å². The molecule has 26 heavy (non-hydrogen) atoms. The summed E-state index contributed by atoms with van der Waals surface area (Å²) in [5, 5.41) is 3.44. The number of para-hydroxylation sites is 1. The van der Waals surface area contributed by atoms with Gasteiger partial charge < -0.3 is 15.0 Å². The summed E-state index contributed by atoms with van der Waals surface area (Å²) < 4.78 is 5.93. The van der Waals surface area contributed by atoms with Crippen molar-refractivity contribution >= 4 is 5.91 Å². The lowest BCUT2D eigenvalue weighted by Gasteiger charge is -2.33. The molecular weight excluding hydrogens is 326 g/mol. The Morgan fingerprint density at radius 3 is 2.81 bits per heavy atom. The topological polar surface area (TPSA) is 44.8 Å². The van der Waals surface area contributed by atoms with Gasteiger partial charge in [0.05, 0.1) is 12.6 Å². The molecule has 2 aliphatic heterocycles. The third-order valence-electron chi connectivity index (χ3n) is 6.11. The number of benzene rings is 1. The maximum absolute atomic E-state index is 13.0. The maximum atomic E-state index is 13.0. The smallest absolute Gasteiger partial charge is 0.239 e. The van der Waals surface area contributed by atoms with Gasteiger partial charge in [-0.05, 0) is 62.9 Å². The zero-order chi connectivity index (χ0) is 18.6. The molecule has 144 valence electrons. The Labute approximate surface area is 157 Å². The molecule has 0 bridgehead atoms. The fraction of sp³-hybridized carbons (Fsp3) is 0.667. The summed E-state index contributed by atoms with van der Waals surface area (Å²) in [6.45, 7) is 6.48. The number of aryl methyl sites for hydroxylation is 1. The van der Waals surface area contributed by atoms with Crippen LogP contribution in [0.4, 0.5) is 0 Å². The molecule has 1 aromatic carbocycles. The van der Waals surface area contributed by atoms with Crippen molar-refractivity contribution in [3.05, 3.63) is 29.8 Å². The van der Waals surface area contributed by atoms with E-state index in [-0.39, 0.29) is 11.9 Å². The highest BCUT2D eigenvalue weighted by Gasteiger charge is 2.46. The molecule has 1 spiro atoms. The standard InChI is InChI=1S/C21H33N3O2/c1-4-17-7-5-6-8-19(17)26-14-13-23(2)20(25)18-15-21(16-24(18)3)9-11-22-12-10-21/h5-8,18,22H,4,9-16H2,1-3H3. The normalized spacial score (nSPS) is 22.5. The number of nitrogens with zero attached hydrogens (tertiary/aromatic N) is 2. The van der Waals surface area contributed by atoms with Gasteiger partial charge in [0.25, 0.3) is 0 Å². The minimum Gasteiger partial charge on any atom is -0.491 e. The molecule has 5 heteroatoms. The van der Waals surface area contributed by atoms with E-state index >= 15 is 0 Å². The molecule has 2 saturated heterocycles. The third-order valence-corrected chi connectivity index (χ3v) is 6.11. The predicted molar refractivity (Wildman–Crippen MR) is 105 cm³/mol. The van der Waals surface area contributed by atoms with Gasteiger partial charge in [0.2, 0.25) is 5.91 Å². The first-order valence-corrected chi connectivity index (χ1v) is 9.91. The minimum atomic E-state index is 0.0148. The van der Waals surface area contributed by atoms with Gasteiger partial charge in [-0.25, -0.2) is 0 Å². The first kappa shape index (κ1) is 19.2. The number of hydrogen-bond acceptors (Lipinski definition) is 4. The summed E-state index contributed by atoms with van der Waals surface area (Å²) in [5.74, 6) is 1.16. The quantitative estimate of drug-likeness (QED) is 0.845. The summed E-state index contributed by atoms with van der Waals surface area (Å²) in [7, 11) is 4.00. The minimum absolute atomic E-state index is 0.0148. The molecule has 1 amide bonds. The molecular formula is C21H33N3O2. The van der Waals surface area contributed by atoms with Crippen LogP contribution < -0.4 is 10.1 Å². The van der Waals surface area contributed by atoms with E-state index in [1.54, 1.807) is 0 Å². The maximum Gasteiger partial charge on any atom is 0.239 e. The van der Waals surface area contributed by atoms with Gasteiger partial charge in [0.15, 0.2) is 0 Å². The monoisotopic (exact) mass is 359 g/mol. The molecule has 1 aromatic rings. The van der Waals surface area contributed by atoms with Crippen molar-refractivity contribution in [2.45, 2.75) is 38.6 Å². The first-order chi connectivity index (χ1) is 12.5. The average molecular weight is 360 g/mol. The second-order valence-corrected chi connectivity index (χ2v) is 7.95. The van der Waals surface area contributed by atoms with E-state index in [9.17, 15) is 4.79 Å². The molecule has 2 fully saturated rings. The molecule has 3 rings (SSSR count). The number of ether oxygens (including phenoxy) is 1. The zero-order valence-corrected chi connectivity index (χ0v) is 16.5. The van der Waals surface area contributed by atoms with E-state index < -0.39 is 0 Å². The number of likely N-dealkylation sites (N-methyl/N-ethyl adjacent to an activating group) is 2.